The lowest BCUT2D eigenvalue weighted by atomic mass is 9.91. The summed E-state index contributed by atoms with van der Waals surface area (Å²) in [4.78, 5) is 13.5. The number of aliphatic carboxylic acids is 1. The van der Waals surface area contributed by atoms with E-state index in [1.165, 1.54) is 18.4 Å². The molecule has 2 rings (SSSR count). The van der Waals surface area contributed by atoms with E-state index in [2.05, 4.69) is 42.2 Å². The van der Waals surface area contributed by atoms with Gasteiger partial charge in [0.1, 0.15) is 0 Å². The summed E-state index contributed by atoms with van der Waals surface area (Å²) in [6.07, 6.45) is 5.14. The number of unbranched alkanes of at least 4 members (excludes halogenated alkanes) is 1. The molecular weight excluding hydrogens is 250 g/mol. The molecule has 0 radical (unpaired) electrons. The summed E-state index contributed by atoms with van der Waals surface area (Å²) >= 11 is 0. The van der Waals surface area contributed by atoms with E-state index in [4.69, 9.17) is 5.11 Å². The van der Waals surface area contributed by atoms with Gasteiger partial charge in [-0.05, 0) is 57.7 Å². The molecule has 2 unspecified atom stereocenters. The van der Waals surface area contributed by atoms with Crippen LogP contribution in [0.25, 0.3) is 0 Å². The van der Waals surface area contributed by atoms with Gasteiger partial charge in [-0.25, -0.2) is 0 Å². The maximum atomic E-state index is 11.0. The van der Waals surface area contributed by atoms with Gasteiger partial charge >= 0.3 is 5.97 Å². The summed E-state index contributed by atoms with van der Waals surface area (Å²) in [5.41, 5.74) is 1.41. The Morgan fingerprint density at radius 3 is 2.70 bits per heavy atom. The molecule has 1 aromatic rings. The fraction of sp³-hybridized carbons (Fsp3) is 0.588. The molecule has 0 amide bonds. The van der Waals surface area contributed by atoms with Crippen LogP contribution in [0.1, 0.15) is 38.2 Å². The van der Waals surface area contributed by atoms with Gasteiger partial charge < -0.3 is 10.0 Å². The van der Waals surface area contributed by atoms with Crippen LogP contribution in [0.3, 0.4) is 0 Å². The van der Waals surface area contributed by atoms with Crippen LogP contribution in [0, 0.1) is 5.92 Å². The molecule has 110 valence electrons. The van der Waals surface area contributed by atoms with Crippen LogP contribution in [-0.2, 0) is 11.2 Å². The zero-order chi connectivity index (χ0) is 14.4. The molecule has 0 spiro atoms. The normalized spacial score (nSPS) is 23.6. The van der Waals surface area contributed by atoms with E-state index in [1.807, 2.05) is 0 Å². The van der Waals surface area contributed by atoms with Gasteiger partial charge in [-0.1, -0.05) is 30.3 Å². The van der Waals surface area contributed by atoms with Gasteiger partial charge in [0, 0.05) is 6.04 Å². The third-order valence-electron chi connectivity index (χ3n) is 4.37. The Morgan fingerprint density at radius 2 is 2.05 bits per heavy atom. The van der Waals surface area contributed by atoms with Crippen LogP contribution in [0.15, 0.2) is 30.3 Å². The average molecular weight is 275 g/mol. The largest absolute Gasteiger partial charge is 0.481 e. The molecule has 0 aromatic heterocycles. The van der Waals surface area contributed by atoms with Crippen LogP contribution < -0.4 is 0 Å². The zero-order valence-corrected chi connectivity index (χ0v) is 12.3. The predicted molar refractivity (Wildman–Crippen MR) is 80.8 cm³/mol. The Hall–Kier alpha value is -1.35. The standard InChI is InChI=1S/C17H25NO2/c1-14-13-16(17(19)20)10-12-18(14)11-6-5-9-15-7-3-2-4-8-15/h2-4,7-8,14,16H,5-6,9-13H2,1H3,(H,19,20). The Kier molecular flexibility index (Phi) is 5.60. The summed E-state index contributed by atoms with van der Waals surface area (Å²) in [6, 6.07) is 11.0. The second kappa shape index (κ2) is 7.44. The van der Waals surface area contributed by atoms with Crippen molar-refractivity contribution in [2.24, 2.45) is 5.92 Å². The first kappa shape index (κ1) is 15.0. The fourth-order valence-corrected chi connectivity index (χ4v) is 3.07. The number of hydrogen-bond donors (Lipinski definition) is 1. The van der Waals surface area contributed by atoms with E-state index >= 15 is 0 Å². The van der Waals surface area contributed by atoms with Crippen molar-refractivity contribution in [3.05, 3.63) is 35.9 Å². The van der Waals surface area contributed by atoms with Crippen molar-refractivity contribution in [1.29, 1.82) is 0 Å². The van der Waals surface area contributed by atoms with Gasteiger partial charge in [-0.3, -0.25) is 4.79 Å². The molecule has 0 saturated carbocycles. The summed E-state index contributed by atoms with van der Waals surface area (Å²) in [7, 11) is 0. The molecule has 1 N–H and O–H groups in total. The fourth-order valence-electron chi connectivity index (χ4n) is 3.07. The van der Waals surface area contributed by atoms with E-state index in [9.17, 15) is 4.79 Å². The lowest BCUT2D eigenvalue weighted by Crippen LogP contribution is -2.43. The lowest BCUT2D eigenvalue weighted by molar-refractivity contribution is -0.144. The molecule has 1 saturated heterocycles. The van der Waals surface area contributed by atoms with Gasteiger partial charge in [0.15, 0.2) is 0 Å². The SMILES string of the molecule is CC1CC(C(=O)O)CCN1CCCCc1ccccc1. The van der Waals surface area contributed by atoms with Gasteiger partial charge in [0.05, 0.1) is 5.92 Å². The van der Waals surface area contributed by atoms with Crippen LogP contribution in [0.2, 0.25) is 0 Å². The maximum absolute atomic E-state index is 11.0. The first-order valence-corrected chi connectivity index (χ1v) is 7.67. The summed E-state index contributed by atoms with van der Waals surface area (Å²) in [5, 5.41) is 9.06. The van der Waals surface area contributed by atoms with Gasteiger partial charge in [0.2, 0.25) is 0 Å². The second-order valence-corrected chi connectivity index (χ2v) is 5.89. The number of nitrogens with zero attached hydrogens (tertiary/aromatic N) is 1. The monoisotopic (exact) mass is 275 g/mol. The van der Waals surface area contributed by atoms with Crippen LogP contribution in [0.5, 0.6) is 0 Å². The minimum absolute atomic E-state index is 0.134. The van der Waals surface area contributed by atoms with Crippen LogP contribution in [0.4, 0.5) is 0 Å². The predicted octanol–water partition coefficient (Wildman–Crippen LogP) is 3.19. The first-order chi connectivity index (χ1) is 9.66. The Labute approximate surface area is 121 Å². The molecule has 20 heavy (non-hydrogen) atoms. The summed E-state index contributed by atoms with van der Waals surface area (Å²) in [5.74, 6) is -0.758. The number of likely N-dealkylation sites (tertiary alicyclic amines) is 1. The van der Waals surface area contributed by atoms with Crippen molar-refractivity contribution in [3.8, 4) is 0 Å². The molecule has 3 heteroatoms. The number of carboxylic acids is 1. The van der Waals surface area contributed by atoms with E-state index < -0.39 is 5.97 Å². The Balaban J connectivity index is 1.66. The van der Waals surface area contributed by atoms with Crippen molar-refractivity contribution < 1.29 is 9.90 Å². The lowest BCUT2D eigenvalue weighted by Gasteiger charge is -2.36. The van der Waals surface area contributed by atoms with Gasteiger partial charge in [-0.2, -0.15) is 0 Å². The molecule has 1 aliphatic rings. The summed E-state index contributed by atoms with van der Waals surface area (Å²) in [6.45, 7) is 4.19. The molecule has 0 bridgehead atoms. The smallest absolute Gasteiger partial charge is 0.306 e. The number of hydrogen-bond acceptors (Lipinski definition) is 2. The molecule has 1 heterocycles. The Bertz CT molecular complexity index is 418. The molecule has 0 aliphatic carbocycles. The highest BCUT2D eigenvalue weighted by Crippen LogP contribution is 2.23. The molecule has 1 aromatic carbocycles. The van der Waals surface area contributed by atoms with E-state index in [1.54, 1.807) is 0 Å². The van der Waals surface area contributed by atoms with E-state index in [-0.39, 0.29) is 5.92 Å². The molecule has 1 fully saturated rings. The topological polar surface area (TPSA) is 40.5 Å². The highest BCUT2D eigenvalue weighted by atomic mass is 16.4. The van der Waals surface area contributed by atoms with Crippen LogP contribution in [-0.4, -0.2) is 35.1 Å². The van der Waals surface area contributed by atoms with Crippen molar-refractivity contribution in [2.75, 3.05) is 13.1 Å². The molecule has 2 atom stereocenters. The highest BCUT2D eigenvalue weighted by molar-refractivity contribution is 5.70. The Morgan fingerprint density at radius 1 is 1.30 bits per heavy atom. The van der Waals surface area contributed by atoms with E-state index in [0.29, 0.717) is 6.04 Å². The second-order valence-electron chi connectivity index (χ2n) is 5.89. The minimum Gasteiger partial charge on any atom is -0.481 e. The number of aryl methyl sites for hydroxylation is 1. The quantitative estimate of drug-likeness (QED) is 0.811. The number of piperidine rings is 1. The maximum Gasteiger partial charge on any atom is 0.306 e. The first-order valence-electron chi connectivity index (χ1n) is 7.67. The number of carboxylic acid groups (broad SMARTS) is 1. The van der Waals surface area contributed by atoms with Crippen LogP contribution >= 0.6 is 0 Å². The number of rotatable bonds is 6. The van der Waals surface area contributed by atoms with Gasteiger partial charge in [0.25, 0.3) is 0 Å². The third kappa shape index (κ3) is 4.34. The molecule has 3 nitrogen and oxygen atoms in total. The van der Waals surface area contributed by atoms with Crippen molar-refractivity contribution in [2.45, 2.75) is 45.1 Å². The summed E-state index contributed by atoms with van der Waals surface area (Å²) < 4.78 is 0. The zero-order valence-electron chi connectivity index (χ0n) is 12.3. The average Bonchev–Trinajstić information content (AvgIpc) is 2.46. The van der Waals surface area contributed by atoms with Crippen molar-refractivity contribution >= 4 is 5.97 Å². The van der Waals surface area contributed by atoms with Crippen molar-refractivity contribution in [1.82, 2.24) is 4.90 Å². The van der Waals surface area contributed by atoms with Crippen molar-refractivity contribution in [3.63, 3.8) is 0 Å². The number of carbonyl (C=O) groups is 1. The molecular formula is C17H25NO2. The highest BCUT2D eigenvalue weighted by Gasteiger charge is 2.28. The minimum atomic E-state index is -0.624. The van der Waals surface area contributed by atoms with E-state index in [0.717, 1.165) is 32.4 Å². The van der Waals surface area contributed by atoms with Gasteiger partial charge in [-0.15, -0.1) is 0 Å². The third-order valence-corrected chi connectivity index (χ3v) is 4.37. The number of benzene rings is 1. The molecule has 1 aliphatic heterocycles.